The van der Waals surface area contributed by atoms with Crippen LogP contribution in [0.2, 0.25) is 5.02 Å². The molecule has 1 aliphatic heterocycles. The zero-order chi connectivity index (χ0) is 32.0. The van der Waals surface area contributed by atoms with Crippen molar-refractivity contribution in [1.82, 2.24) is 10.3 Å². The summed E-state index contributed by atoms with van der Waals surface area (Å²) in [5.41, 5.74) is 11.7. The molecule has 1 aromatic heterocycles. The number of nitrogens with two attached hydrogens (primary N) is 1. The number of imide groups is 1. The number of amides is 2. The van der Waals surface area contributed by atoms with Crippen LogP contribution in [0, 0.1) is 0 Å². The van der Waals surface area contributed by atoms with Gasteiger partial charge in [-0.15, -0.1) is 0 Å². The van der Waals surface area contributed by atoms with Crippen molar-refractivity contribution in [3.8, 4) is 0 Å². The number of nitrogens with zero attached hydrogens (tertiary/aromatic N) is 1. The van der Waals surface area contributed by atoms with Crippen molar-refractivity contribution in [1.29, 1.82) is 0 Å². The topological polar surface area (TPSA) is 110 Å². The second-order valence-electron chi connectivity index (χ2n) is 11.5. The molecular formula is C37H37ClN4O4. The monoisotopic (exact) mass is 636 g/mol. The van der Waals surface area contributed by atoms with E-state index >= 15 is 0 Å². The molecule has 0 radical (unpaired) electrons. The Balaban J connectivity index is 1.18. The number of ether oxygens (including phenoxy) is 2. The number of nitrogens with one attached hydrogen (secondary N) is 2. The van der Waals surface area contributed by atoms with Crippen molar-refractivity contribution < 1.29 is 19.1 Å². The largest absolute Gasteiger partial charge is 0.452 e. The van der Waals surface area contributed by atoms with Crippen LogP contribution in [-0.2, 0) is 20.7 Å². The van der Waals surface area contributed by atoms with Crippen LogP contribution in [-0.4, -0.2) is 49.4 Å². The van der Waals surface area contributed by atoms with Crippen molar-refractivity contribution in [2.24, 2.45) is 5.73 Å². The molecule has 46 heavy (non-hydrogen) atoms. The minimum absolute atomic E-state index is 0.0168. The van der Waals surface area contributed by atoms with Crippen LogP contribution >= 0.6 is 11.6 Å². The molecule has 2 amide bonds. The van der Waals surface area contributed by atoms with Gasteiger partial charge < -0.3 is 25.5 Å². The molecule has 1 fully saturated rings. The normalized spacial score (nSPS) is 17.1. The van der Waals surface area contributed by atoms with Crippen molar-refractivity contribution in [3.05, 3.63) is 137 Å². The quantitative estimate of drug-likeness (QED) is 0.165. The number of hydrogen-bond acceptors (Lipinski definition) is 6. The molecule has 236 valence electrons. The number of methoxy groups -OCH3 is 1. The highest BCUT2D eigenvalue weighted by molar-refractivity contribution is 6.35. The highest BCUT2D eigenvalue weighted by Gasteiger charge is 2.36. The van der Waals surface area contributed by atoms with Gasteiger partial charge in [0, 0.05) is 23.5 Å². The van der Waals surface area contributed by atoms with Gasteiger partial charge in [-0.25, -0.2) is 9.69 Å². The van der Waals surface area contributed by atoms with Crippen LogP contribution in [0.15, 0.2) is 109 Å². The summed E-state index contributed by atoms with van der Waals surface area (Å²) in [7, 11) is 1.27. The van der Waals surface area contributed by atoms with Gasteiger partial charge in [0.2, 0.25) is 0 Å². The maximum Gasteiger partial charge on any atom is 0.420 e. The lowest BCUT2D eigenvalue weighted by Crippen LogP contribution is -2.50. The minimum atomic E-state index is -1.06. The standard InChI is InChI=1S/C37H37ClN4O4/c1-45-37(44)42(36(43)34(39)33(25-12-4-2-5-13-25)26-14-6-3-7-15-26)32-18-9-8-11-24(32)19-20-28-22-40-31(23-46-28)30-21-27-16-10-17-29(38)35(27)41-30/h2-18,21,28,31,33-34,40-41H,19-20,22-23,39H2,1H3/t28-,31+,34+/m1/s1. The number of halogens is 1. The van der Waals surface area contributed by atoms with E-state index in [2.05, 4.69) is 16.4 Å². The Bertz CT molecular complexity index is 1750. The predicted octanol–water partition coefficient (Wildman–Crippen LogP) is 6.74. The van der Waals surface area contributed by atoms with Gasteiger partial charge in [-0.1, -0.05) is 103 Å². The van der Waals surface area contributed by atoms with Gasteiger partial charge in [-0.2, -0.15) is 0 Å². The second-order valence-corrected chi connectivity index (χ2v) is 11.9. The molecule has 4 aromatic carbocycles. The number of carbonyl (C=O) groups excluding carboxylic acids is 2. The van der Waals surface area contributed by atoms with Gasteiger partial charge in [0.15, 0.2) is 0 Å². The Labute approximate surface area is 273 Å². The molecule has 8 nitrogen and oxygen atoms in total. The number of aromatic nitrogens is 1. The van der Waals surface area contributed by atoms with Crippen molar-refractivity contribution in [2.45, 2.75) is 36.9 Å². The van der Waals surface area contributed by atoms with Crippen LogP contribution in [0.3, 0.4) is 0 Å². The third-order valence-electron chi connectivity index (χ3n) is 8.60. The summed E-state index contributed by atoms with van der Waals surface area (Å²) in [5.74, 6) is -1.02. The van der Waals surface area contributed by atoms with Gasteiger partial charge in [-0.05, 0) is 47.7 Å². The number of fused-ring (bicyclic) bond motifs is 1. The van der Waals surface area contributed by atoms with E-state index in [1.54, 1.807) is 12.1 Å². The fourth-order valence-electron chi connectivity index (χ4n) is 6.21. The third-order valence-corrected chi connectivity index (χ3v) is 8.91. The molecule has 3 atom stereocenters. The van der Waals surface area contributed by atoms with E-state index in [9.17, 15) is 9.59 Å². The van der Waals surface area contributed by atoms with E-state index in [1.807, 2.05) is 91.0 Å². The fraction of sp³-hybridized carbons (Fsp3) is 0.243. The Morgan fingerprint density at radius 2 is 1.63 bits per heavy atom. The average Bonchev–Trinajstić information content (AvgIpc) is 3.55. The summed E-state index contributed by atoms with van der Waals surface area (Å²) in [4.78, 5) is 32.0. The van der Waals surface area contributed by atoms with E-state index in [1.165, 1.54) is 7.11 Å². The van der Waals surface area contributed by atoms with Crippen LogP contribution in [0.5, 0.6) is 0 Å². The third kappa shape index (κ3) is 6.71. The van der Waals surface area contributed by atoms with E-state index in [4.69, 9.17) is 26.8 Å². The molecular weight excluding hydrogens is 600 g/mol. The molecule has 0 spiro atoms. The highest BCUT2D eigenvalue weighted by Crippen LogP contribution is 2.32. The van der Waals surface area contributed by atoms with Gasteiger partial charge in [0.1, 0.15) is 0 Å². The number of H-pyrrole nitrogens is 1. The number of benzene rings is 4. The summed E-state index contributed by atoms with van der Waals surface area (Å²) in [6.45, 7) is 1.15. The Kier molecular flexibility index (Phi) is 9.80. The Morgan fingerprint density at radius 1 is 0.957 bits per heavy atom. The van der Waals surface area contributed by atoms with E-state index in [0.717, 1.165) is 38.2 Å². The molecule has 2 heterocycles. The number of rotatable bonds is 9. The SMILES string of the molecule is COC(=O)N(C(=O)[C@@H](N)C(c1ccccc1)c1ccccc1)c1ccccc1CC[C@@H]1CN[C@H](c2cc3cccc(Cl)c3[nH]2)CO1. The molecule has 0 unspecified atom stereocenters. The number of anilines is 1. The molecule has 5 aromatic rings. The molecule has 0 saturated carbocycles. The fourth-order valence-corrected chi connectivity index (χ4v) is 6.44. The van der Waals surface area contributed by atoms with Crippen LogP contribution in [0.1, 0.15) is 40.8 Å². The first-order chi connectivity index (χ1) is 22.4. The lowest BCUT2D eigenvalue weighted by Gasteiger charge is -2.31. The lowest BCUT2D eigenvalue weighted by atomic mass is 9.84. The van der Waals surface area contributed by atoms with Crippen LogP contribution in [0.4, 0.5) is 10.5 Å². The number of aryl methyl sites for hydroxylation is 1. The lowest BCUT2D eigenvalue weighted by molar-refractivity contribution is -0.119. The van der Waals surface area contributed by atoms with Crippen molar-refractivity contribution >= 4 is 40.2 Å². The number of morpholine rings is 1. The first-order valence-electron chi connectivity index (χ1n) is 15.4. The zero-order valence-electron chi connectivity index (χ0n) is 25.6. The maximum absolute atomic E-state index is 14.2. The molecule has 0 bridgehead atoms. The van der Waals surface area contributed by atoms with Gasteiger partial charge in [0.05, 0.1) is 48.1 Å². The summed E-state index contributed by atoms with van der Waals surface area (Å²) in [5, 5.41) is 5.34. The average molecular weight is 637 g/mol. The second kappa shape index (κ2) is 14.3. The molecule has 9 heteroatoms. The molecule has 6 rings (SSSR count). The first-order valence-corrected chi connectivity index (χ1v) is 15.8. The smallest absolute Gasteiger partial charge is 0.420 e. The van der Waals surface area contributed by atoms with E-state index in [0.29, 0.717) is 36.7 Å². The summed E-state index contributed by atoms with van der Waals surface area (Å²) < 4.78 is 11.4. The summed E-state index contributed by atoms with van der Waals surface area (Å²) in [6.07, 6.45) is 0.416. The number of hydrogen-bond donors (Lipinski definition) is 3. The number of para-hydroxylation sites is 2. The summed E-state index contributed by atoms with van der Waals surface area (Å²) >= 11 is 6.36. The predicted molar refractivity (Wildman–Crippen MR) is 181 cm³/mol. The van der Waals surface area contributed by atoms with Crippen molar-refractivity contribution in [2.75, 3.05) is 25.2 Å². The van der Waals surface area contributed by atoms with Gasteiger partial charge >= 0.3 is 6.09 Å². The molecule has 1 saturated heterocycles. The Morgan fingerprint density at radius 3 is 2.26 bits per heavy atom. The van der Waals surface area contributed by atoms with Gasteiger partial charge in [-0.3, -0.25) is 4.79 Å². The van der Waals surface area contributed by atoms with Crippen LogP contribution in [0.25, 0.3) is 10.9 Å². The molecule has 4 N–H and O–H groups in total. The Hall–Kier alpha value is -4.47. The van der Waals surface area contributed by atoms with Gasteiger partial charge in [0.25, 0.3) is 5.91 Å². The highest BCUT2D eigenvalue weighted by atomic mass is 35.5. The zero-order valence-corrected chi connectivity index (χ0v) is 26.3. The number of carbonyl (C=O) groups is 2. The van der Waals surface area contributed by atoms with Crippen LogP contribution < -0.4 is 16.0 Å². The minimum Gasteiger partial charge on any atom is -0.452 e. The van der Waals surface area contributed by atoms with E-state index in [-0.39, 0.29) is 12.1 Å². The summed E-state index contributed by atoms with van der Waals surface area (Å²) in [6, 6.07) is 33.5. The molecule has 1 aliphatic rings. The van der Waals surface area contributed by atoms with E-state index < -0.39 is 24.0 Å². The first kappa shape index (κ1) is 31.5. The number of aromatic amines is 1. The molecule has 0 aliphatic carbocycles. The maximum atomic E-state index is 14.2. The van der Waals surface area contributed by atoms with Crippen molar-refractivity contribution in [3.63, 3.8) is 0 Å².